The van der Waals surface area contributed by atoms with Gasteiger partial charge in [-0.15, -0.1) is 11.8 Å². The van der Waals surface area contributed by atoms with E-state index in [0.717, 1.165) is 34.0 Å². The van der Waals surface area contributed by atoms with Gasteiger partial charge >= 0.3 is 0 Å². The third kappa shape index (κ3) is 5.32. The van der Waals surface area contributed by atoms with Crippen LogP contribution in [0, 0.1) is 12.7 Å². The van der Waals surface area contributed by atoms with Crippen LogP contribution >= 0.6 is 11.8 Å². The lowest BCUT2D eigenvalue weighted by atomic mass is 10.1. The minimum Gasteiger partial charge on any atom is -0.391 e. The predicted octanol–water partition coefficient (Wildman–Crippen LogP) is 4.03. The Morgan fingerprint density at radius 1 is 1.44 bits per heavy atom. The molecule has 0 saturated heterocycles. The molecule has 0 spiro atoms. The fraction of sp³-hybridized carbons (Fsp3) is 0.421. The highest BCUT2D eigenvalue weighted by Crippen LogP contribution is 2.28. The van der Waals surface area contributed by atoms with Crippen molar-refractivity contribution in [2.45, 2.75) is 39.4 Å². The highest BCUT2D eigenvalue weighted by Gasteiger charge is 2.29. The molecule has 0 unspecified atom stereocenters. The number of hydrogen-bond donors (Lipinski definition) is 0. The first-order valence-corrected chi connectivity index (χ1v) is 9.63. The van der Waals surface area contributed by atoms with Crippen LogP contribution < -0.4 is 0 Å². The van der Waals surface area contributed by atoms with Gasteiger partial charge in [-0.1, -0.05) is 22.4 Å². The first-order chi connectivity index (χ1) is 12.8. The zero-order valence-corrected chi connectivity index (χ0v) is 16.7. The molecule has 6 nitrogen and oxygen atoms in total. The van der Waals surface area contributed by atoms with Crippen LogP contribution in [0.3, 0.4) is 0 Å². The normalized spacial score (nSPS) is 16.2. The van der Waals surface area contributed by atoms with Crippen LogP contribution in [0.5, 0.6) is 0 Å². The molecule has 0 N–H and O–H groups in total. The number of halogens is 1. The molecule has 0 bridgehead atoms. The van der Waals surface area contributed by atoms with E-state index >= 15 is 0 Å². The molecule has 8 heteroatoms. The van der Waals surface area contributed by atoms with Crippen molar-refractivity contribution in [3.63, 3.8) is 0 Å². The molecular weight excluding hydrogens is 367 g/mol. The molecule has 0 amide bonds. The summed E-state index contributed by atoms with van der Waals surface area (Å²) in [4.78, 5) is 10.9. The van der Waals surface area contributed by atoms with E-state index < -0.39 is 0 Å². The van der Waals surface area contributed by atoms with Gasteiger partial charge in [0.1, 0.15) is 28.8 Å². The maximum absolute atomic E-state index is 13.3. The summed E-state index contributed by atoms with van der Waals surface area (Å²) >= 11 is 1.57. The maximum atomic E-state index is 13.3. The summed E-state index contributed by atoms with van der Waals surface area (Å²) in [5.41, 5.74) is 3.01. The van der Waals surface area contributed by atoms with Gasteiger partial charge in [-0.25, -0.2) is 4.39 Å². The van der Waals surface area contributed by atoms with Crippen LogP contribution in [-0.4, -0.2) is 31.9 Å². The third-order valence-electron chi connectivity index (χ3n) is 3.97. The van der Waals surface area contributed by atoms with E-state index in [9.17, 15) is 4.39 Å². The summed E-state index contributed by atoms with van der Waals surface area (Å²) in [5.74, 6) is 0.286. The number of hydrogen-bond acceptors (Lipinski definition) is 6. The molecule has 3 rings (SSSR count). The van der Waals surface area contributed by atoms with Gasteiger partial charge in [-0.3, -0.25) is 4.68 Å². The monoisotopic (exact) mass is 390 g/mol. The van der Waals surface area contributed by atoms with E-state index in [0.29, 0.717) is 5.75 Å². The Hall–Kier alpha value is -2.35. The molecule has 0 radical (unpaired) electrons. The molecule has 27 heavy (non-hydrogen) atoms. The fourth-order valence-electron chi connectivity index (χ4n) is 2.68. The number of oxime groups is 2. The molecule has 0 fully saturated rings. The Labute approximate surface area is 162 Å². The van der Waals surface area contributed by atoms with E-state index in [1.54, 1.807) is 28.6 Å². The molecule has 1 aliphatic heterocycles. The van der Waals surface area contributed by atoms with Gasteiger partial charge in [-0.2, -0.15) is 5.10 Å². The molecule has 0 aliphatic carbocycles. The SMILES string of the molecule is Cc1nn(C)cc1C(CSC1=NOC(C)(C)C1)=NOCc1cccc(F)c1. The Morgan fingerprint density at radius 2 is 2.26 bits per heavy atom. The van der Waals surface area contributed by atoms with Gasteiger partial charge in [0.2, 0.25) is 0 Å². The van der Waals surface area contributed by atoms with E-state index in [4.69, 9.17) is 9.68 Å². The molecule has 0 saturated carbocycles. The quantitative estimate of drug-likeness (QED) is 0.552. The largest absolute Gasteiger partial charge is 0.391 e. The predicted molar refractivity (Wildman–Crippen MR) is 105 cm³/mol. The van der Waals surface area contributed by atoms with Crippen LogP contribution in [0.25, 0.3) is 0 Å². The number of benzene rings is 1. The maximum Gasteiger partial charge on any atom is 0.142 e. The van der Waals surface area contributed by atoms with E-state index in [1.807, 2.05) is 34.0 Å². The zero-order chi connectivity index (χ0) is 19.4. The number of rotatable bonds is 6. The van der Waals surface area contributed by atoms with Crippen molar-refractivity contribution < 1.29 is 14.1 Å². The summed E-state index contributed by atoms with van der Waals surface area (Å²) in [6, 6.07) is 6.29. The first-order valence-electron chi connectivity index (χ1n) is 8.64. The molecule has 1 aromatic heterocycles. The van der Waals surface area contributed by atoms with Crippen molar-refractivity contribution in [1.82, 2.24) is 9.78 Å². The Balaban J connectivity index is 1.70. The number of thioether (sulfide) groups is 1. The van der Waals surface area contributed by atoms with Crippen LogP contribution in [0.2, 0.25) is 0 Å². The second-order valence-corrected chi connectivity index (χ2v) is 8.09. The zero-order valence-electron chi connectivity index (χ0n) is 15.9. The van der Waals surface area contributed by atoms with Crippen molar-refractivity contribution in [1.29, 1.82) is 0 Å². The summed E-state index contributed by atoms with van der Waals surface area (Å²) in [5, 5.41) is 13.8. The Kier molecular flexibility index (Phi) is 5.84. The average Bonchev–Trinajstić information content (AvgIpc) is 3.11. The molecule has 1 aliphatic rings. The van der Waals surface area contributed by atoms with E-state index in [2.05, 4.69) is 15.4 Å². The summed E-state index contributed by atoms with van der Waals surface area (Å²) in [6.07, 6.45) is 2.68. The average molecular weight is 390 g/mol. The van der Waals surface area contributed by atoms with Crippen LogP contribution in [0.1, 0.15) is 37.1 Å². The summed E-state index contributed by atoms with van der Waals surface area (Å²) in [6.45, 7) is 6.14. The van der Waals surface area contributed by atoms with Crippen molar-refractivity contribution in [2.24, 2.45) is 17.4 Å². The molecule has 1 aromatic carbocycles. The van der Waals surface area contributed by atoms with Gasteiger partial charge in [0.25, 0.3) is 0 Å². The highest BCUT2D eigenvalue weighted by molar-refractivity contribution is 8.14. The lowest BCUT2D eigenvalue weighted by Gasteiger charge is -2.13. The first kappa shape index (κ1) is 19.4. The lowest BCUT2D eigenvalue weighted by Crippen LogP contribution is -2.18. The molecule has 144 valence electrons. The summed E-state index contributed by atoms with van der Waals surface area (Å²) < 4.78 is 15.0. The van der Waals surface area contributed by atoms with Crippen LogP contribution in [-0.2, 0) is 23.3 Å². The van der Waals surface area contributed by atoms with Gasteiger partial charge in [0.15, 0.2) is 0 Å². The van der Waals surface area contributed by atoms with Crippen LogP contribution in [0.4, 0.5) is 4.39 Å². The van der Waals surface area contributed by atoms with Crippen molar-refractivity contribution in [2.75, 3.05) is 5.75 Å². The molecule has 0 atom stereocenters. The van der Waals surface area contributed by atoms with Gasteiger partial charge in [0.05, 0.1) is 5.69 Å². The fourth-order valence-corrected chi connectivity index (χ4v) is 3.73. The minimum atomic E-state index is -0.291. The van der Waals surface area contributed by atoms with E-state index in [-0.39, 0.29) is 18.0 Å². The standard InChI is InChI=1S/C19H23FN4O2S/c1-13-16(10-24(4)21-13)17(12-27-18-9-19(2,3)26-23-18)22-25-11-14-6-5-7-15(20)8-14/h5-8,10H,9,11-12H2,1-4H3. The van der Waals surface area contributed by atoms with E-state index in [1.165, 1.54) is 12.1 Å². The highest BCUT2D eigenvalue weighted by atomic mass is 32.2. The van der Waals surface area contributed by atoms with Gasteiger partial charge in [-0.05, 0) is 38.5 Å². The molecule has 2 aromatic rings. The Morgan fingerprint density at radius 3 is 2.89 bits per heavy atom. The third-order valence-corrected chi connectivity index (χ3v) is 4.94. The second-order valence-electron chi connectivity index (χ2n) is 7.04. The molecular formula is C19H23FN4O2S. The van der Waals surface area contributed by atoms with Gasteiger partial charge < -0.3 is 9.68 Å². The van der Waals surface area contributed by atoms with Crippen molar-refractivity contribution in [3.8, 4) is 0 Å². The van der Waals surface area contributed by atoms with Crippen LogP contribution in [0.15, 0.2) is 40.8 Å². The van der Waals surface area contributed by atoms with Gasteiger partial charge in [0, 0.05) is 31.0 Å². The number of aromatic nitrogens is 2. The second kappa shape index (κ2) is 8.12. The summed E-state index contributed by atoms with van der Waals surface area (Å²) in [7, 11) is 1.87. The van der Waals surface area contributed by atoms with Crippen molar-refractivity contribution >= 4 is 22.5 Å². The minimum absolute atomic E-state index is 0.197. The lowest BCUT2D eigenvalue weighted by molar-refractivity contribution is 0.0123. The number of nitrogens with zero attached hydrogens (tertiary/aromatic N) is 4. The Bertz CT molecular complexity index is 876. The molecule has 2 heterocycles. The smallest absolute Gasteiger partial charge is 0.142 e. The van der Waals surface area contributed by atoms with Crippen molar-refractivity contribution in [3.05, 3.63) is 53.1 Å². The topological polar surface area (TPSA) is 61.0 Å². The number of aryl methyl sites for hydroxylation is 2.